The summed E-state index contributed by atoms with van der Waals surface area (Å²) >= 11 is 1.95. The minimum atomic E-state index is -1.36. The van der Waals surface area contributed by atoms with Crippen LogP contribution in [-0.2, 0) is 0 Å². The van der Waals surface area contributed by atoms with Crippen molar-refractivity contribution < 1.29 is 0 Å². The van der Waals surface area contributed by atoms with E-state index in [0.29, 0.717) is 0 Å². The number of para-hydroxylation sites is 1. The van der Waals surface area contributed by atoms with Crippen LogP contribution < -0.4 is 4.50 Å². The van der Waals surface area contributed by atoms with Crippen molar-refractivity contribution in [1.82, 2.24) is 4.98 Å². The van der Waals surface area contributed by atoms with Gasteiger partial charge in [-0.15, -0.1) is 11.3 Å². The number of hydrogen-bond acceptors (Lipinski definition) is 2. The van der Waals surface area contributed by atoms with Gasteiger partial charge >= 0.3 is 0 Å². The molecule has 0 aliphatic carbocycles. The van der Waals surface area contributed by atoms with Crippen LogP contribution >= 0.6 is 11.3 Å². The largest absolute Gasteiger partial charge is 0.246 e. The second kappa shape index (κ2) is 5.79. The number of nitrogens with zero attached hydrogens (tertiary/aromatic N) is 1. The fraction of sp³-hybridized carbons (Fsp3) is 0.227. The van der Waals surface area contributed by atoms with E-state index in [1.807, 2.05) is 11.3 Å². The highest BCUT2D eigenvalue weighted by Crippen LogP contribution is 2.36. The molecule has 126 valence electrons. The Balaban J connectivity index is 2.13. The third-order valence-corrected chi connectivity index (χ3v) is 9.33. The number of thiophene rings is 1. The van der Waals surface area contributed by atoms with Gasteiger partial charge in [-0.1, -0.05) is 55.0 Å². The standard InChI is InChI=1S/C22H23NSSi/c1-14-10-15(2)12-16(11-14)21-22-18(13-20(24-22)25(3,4)5)17-8-6-7-9-19(17)23-21/h6-13H,1-5H3. The Bertz CT molecular complexity index is 1080. The van der Waals surface area contributed by atoms with Crippen LogP contribution in [0, 0.1) is 13.8 Å². The summed E-state index contributed by atoms with van der Waals surface area (Å²) in [4.78, 5) is 5.08. The zero-order valence-corrected chi connectivity index (χ0v) is 17.3. The Kier molecular flexibility index (Phi) is 3.82. The summed E-state index contributed by atoms with van der Waals surface area (Å²) in [7, 11) is -1.36. The first-order valence-electron chi connectivity index (χ1n) is 8.74. The lowest BCUT2D eigenvalue weighted by atomic mass is 10.0. The second-order valence-corrected chi connectivity index (χ2v) is 14.4. The number of hydrogen-bond donors (Lipinski definition) is 0. The van der Waals surface area contributed by atoms with Crippen LogP contribution in [0.15, 0.2) is 48.5 Å². The van der Waals surface area contributed by atoms with Gasteiger partial charge in [-0.3, -0.25) is 0 Å². The quantitative estimate of drug-likeness (QED) is 0.383. The predicted octanol–water partition coefficient (Wildman–Crippen LogP) is 6.28. The summed E-state index contributed by atoms with van der Waals surface area (Å²) in [6.45, 7) is 11.6. The van der Waals surface area contributed by atoms with E-state index in [1.54, 1.807) is 4.50 Å². The Labute approximate surface area is 154 Å². The van der Waals surface area contributed by atoms with E-state index in [4.69, 9.17) is 4.98 Å². The minimum absolute atomic E-state index is 1.09. The summed E-state index contributed by atoms with van der Waals surface area (Å²) in [6.07, 6.45) is 0. The van der Waals surface area contributed by atoms with Crippen LogP contribution in [0.4, 0.5) is 0 Å². The molecule has 0 aliphatic rings. The van der Waals surface area contributed by atoms with Crippen molar-refractivity contribution in [3.8, 4) is 11.3 Å². The van der Waals surface area contributed by atoms with E-state index in [1.165, 1.54) is 32.2 Å². The van der Waals surface area contributed by atoms with Crippen molar-refractivity contribution >= 4 is 44.9 Å². The molecule has 0 unspecified atom stereocenters. The molecule has 4 aromatic rings. The lowest BCUT2D eigenvalue weighted by molar-refractivity contribution is 1.36. The Morgan fingerprint density at radius 2 is 1.52 bits per heavy atom. The van der Waals surface area contributed by atoms with Gasteiger partial charge in [-0.05, 0) is 42.6 Å². The maximum absolute atomic E-state index is 5.08. The van der Waals surface area contributed by atoms with Crippen molar-refractivity contribution in [1.29, 1.82) is 0 Å². The lowest BCUT2D eigenvalue weighted by Gasteiger charge is -2.12. The molecule has 0 atom stereocenters. The number of pyridine rings is 1. The third kappa shape index (κ3) is 2.92. The molecule has 0 amide bonds. The first-order valence-corrected chi connectivity index (χ1v) is 13.1. The summed E-state index contributed by atoms with van der Waals surface area (Å²) < 4.78 is 2.88. The van der Waals surface area contributed by atoms with Crippen LogP contribution in [0.25, 0.3) is 32.2 Å². The molecular formula is C22H23NSSi. The molecule has 0 saturated carbocycles. The molecule has 0 saturated heterocycles. The molecule has 1 nitrogen and oxygen atoms in total. The molecule has 25 heavy (non-hydrogen) atoms. The molecule has 3 heteroatoms. The van der Waals surface area contributed by atoms with E-state index in [-0.39, 0.29) is 0 Å². The van der Waals surface area contributed by atoms with E-state index in [2.05, 4.69) is 82.0 Å². The maximum atomic E-state index is 5.08. The van der Waals surface area contributed by atoms with Crippen molar-refractivity contribution in [2.45, 2.75) is 33.5 Å². The van der Waals surface area contributed by atoms with Crippen molar-refractivity contribution in [3.63, 3.8) is 0 Å². The molecule has 0 spiro atoms. The Hall–Kier alpha value is -1.97. The summed E-state index contributed by atoms with van der Waals surface area (Å²) in [5.74, 6) is 0. The van der Waals surface area contributed by atoms with Gasteiger partial charge in [-0.25, -0.2) is 4.98 Å². The van der Waals surface area contributed by atoms with E-state index in [0.717, 1.165) is 11.2 Å². The smallest absolute Gasteiger partial charge is 0.0904 e. The summed E-state index contributed by atoms with van der Waals surface area (Å²) in [6, 6.07) is 17.7. The number of benzene rings is 2. The molecule has 0 fully saturated rings. The van der Waals surface area contributed by atoms with Crippen LogP contribution in [-0.4, -0.2) is 13.1 Å². The van der Waals surface area contributed by atoms with Crippen LogP contribution in [0.2, 0.25) is 19.6 Å². The molecular weight excluding hydrogens is 338 g/mol. The highest BCUT2D eigenvalue weighted by molar-refractivity contribution is 7.31. The molecule has 2 aromatic carbocycles. The van der Waals surface area contributed by atoms with Gasteiger partial charge in [0.25, 0.3) is 0 Å². The van der Waals surface area contributed by atoms with Crippen molar-refractivity contribution in [3.05, 3.63) is 59.7 Å². The zero-order valence-electron chi connectivity index (χ0n) is 15.5. The van der Waals surface area contributed by atoms with Crippen LogP contribution in [0.1, 0.15) is 11.1 Å². The average molecular weight is 362 g/mol. The molecule has 0 bridgehead atoms. The van der Waals surface area contributed by atoms with E-state index in [9.17, 15) is 0 Å². The van der Waals surface area contributed by atoms with Gasteiger partial charge in [0, 0.05) is 16.3 Å². The van der Waals surface area contributed by atoms with Gasteiger partial charge in [0.2, 0.25) is 0 Å². The summed E-state index contributed by atoms with van der Waals surface area (Å²) in [5.41, 5.74) is 6.04. The van der Waals surface area contributed by atoms with Gasteiger partial charge in [0.1, 0.15) is 0 Å². The lowest BCUT2D eigenvalue weighted by Crippen LogP contribution is -2.34. The Morgan fingerprint density at radius 3 is 2.20 bits per heavy atom. The molecule has 2 heterocycles. The first-order chi connectivity index (χ1) is 11.8. The number of fused-ring (bicyclic) bond motifs is 3. The van der Waals surface area contributed by atoms with Crippen LogP contribution in [0.3, 0.4) is 0 Å². The van der Waals surface area contributed by atoms with E-state index < -0.39 is 8.07 Å². The van der Waals surface area contributed by atoms with Gasteiger partial charge in [0.15, 0.2) is 0 Å². The second-order valence-electron chi connectivity index (χ2n) is 7.96. The van der Waals surface area contributed by atoms with Crippen molar-refractivity contribution in [2.75, 3.05) is 0 Å². The van der Waals surface area contributed by atoms with Crippen LogP contribution in [0.5, 0.6) is 0 Å². The minimum Gasteiger partial charge on any atom is -0.246 e. The predicted molar refractivity (Wildman–Crippen MR) is 115 cm³/mol. The maximum Gasteiger partial charge on any atom is 0.0904 e. The average Bonchev–Trinajstić information content (AvgIpc) is 2.99. The van der Waals surface area contributed by atoms with Gasteiger partial charge in [-0.2, -0.15) is 0 Å². The number of rotatable bonds is 2. The number of aromatic nitrogens is 1. The fourth-order valence-electron chi connectivity index (χ4n) is 3.41. The highest BCUT2D eigenvalue weighted by atomic mass is 32.1. The molecule has 2 aromatic heterocycles. The van der Waals surface area contributed by atoms with Gasteiger partial charge in [0.05, 0.1) is 24.0 Å². The monoisotopic (exact) mass is 361 g/mol. The molecule has 0 N–H and O–H groups in total. The summed E-state index contributed by atoms with van der Waals surface area (Å²) in [5, 5.41) is 2.63. The Morgan fingerprint density at radius 1 is 0.840 bits per heavy atom. The molecule has 4 rings (SSSR count). The normalized spacial score (nSPS) is 12.2. The van der Waals surface area contributed by atoms with E-state index >= 15 is 0 Å². The van der Waals surface area contributed by atoms with Crippen molar-refractivity contribution in [2.24, 2.45) is 0 Å². The highest BCUT2D eigenvalue weighted by Gasteiger charge is 2.22. The van der Waals surface area contributed by atoms with Gasteiger partial charge < -0.3 is 0 Å². The SMILES string of the molecule is Cc1cc(C)cc(-c2nc3ccccc3c3cc([Si](C)(C)C)sc23)c1. The first kappa shape index (κ1) is 16.5. The molecule has 0 radical (unpaired) electrons. The fourth-order valence-corrected chi connectivity index (χ4v) is 6.46. The topological polar surface area (TPSA) is 12.9 Å². The molecule has 0 aliphatic heterocycles. The zero-order chi connectivity index (χ0) is 17.8. The third-order valence-electron chi connectivity index (χ3n) is 4.61. The number of aryl methyl sites for hydroxylation is 2.